The number of hydrogen-bond acceptors (Lipinski definition) is 5. The first-order valence-corrected chi connectivity index (χ1v) is 4.28. The zero-order valence-corrected chi connectivity index (χ0v) is 8.22. The van der Waals surface area contributed by atoms with E-state index in [1.54, 1.807) is 0 Å². The fourth-order valence-corrected chi connectivity index (χ4v) is 0.975. The molecule has 1 aromatic heterocycles. The van der Waals surface area contributed by atoms with Crippen molar-refractivity contribution >= 4 is 5.91 Å². The van der Waals surface area contributed by atoms with Crippen LogP contribution in [-0.4, -0.2) is 32.2 Å². The highest BCUT2D eigenvalue weighted by atomic mass is 19.4. The largest absolute Gasteiger partial charge is 0.451 e. The lowest BCUT2D eigenvalue weighted by atomic mass is 10.1. The molecule has 1 heterocycles. The van der Waals surface area contributed by atoms with Gasteiger partial charge < -0.3 is 15.9 Å². The van der Waals surface area contributed by atoms with Crippen LogP contribution in [0.4, 0.5) is 13.2 Å². The van der Waals surface area contributed by atoms with E-state index in [2.05, 4.69) is 9.97 Å². The molecule has 17 heavy (non-hydrogen) atoms. The van der Waals surface area contributed by atoms with E-state index in [1.807, 2.05) is 0 Å². The quantitative estimate of drug-likeness (QED) is 0.663. The highest BCUT2D eigenvalue weighted by molar-refractivity contribution is 5.79. The standard InChI is InChI=1S/C8H8F3N3O3/c9-8(10,11)7-13-1-3(2-14-7)4(15)5(16)6(12)17/h1-2,4-5,15-16H,(H2,12,17). The smallest absolute Gasteiger partial charge is 0.385 e. The fourth-order valence-electron chi connectivity index (χ4n) is 0.975. The van der Waals surface area contributed by atoms with Gasteiger partial charge in [0.1, 0.15) is 6.10 Å². The van der Waals surface area contributed by atoms with Crippen LogP contribution in [0.5, 0.6) is 0 Å². The van der Waals surface area contributed by atoms with Crippen LogP contribution >= 0.6 is 0 Å². The summed E-state index contributed by atoms with van der Waals surface area (Å²) in [5, 5.41) is 18.4. The van der Waals surface area contributed by atoms with Crippen molar-refractivity contribution in [2.75, 3.05) is 0 Å². The first kappa shape index (κ1) is 13.3. The lowest BCUT2D eigenvalue weighted by Crippen LogP contribution is -2.34. The summed E-state index contributed by atoms with van der Waals surface area (Å²) in [6.45, 7) is 0. The van der Waals surface area contributed by atoms with Gasteiger partial charge in [0.25, 0.3) is 0 Å². The molecule has 4 N–H and O–H groups in total. The molecule has 2 unspecified atom stereocenters. The minimum absolute atomic E-state index is 0.246. The number of nitrogens with two attached hydrogens (primary N) is 1. The lowest BCUT2D eigenvalue weighted by molar-refractivity contribution is -0.145. The lowest BCUT2D eigenvalue weighted by Gasteiger charge is -2.14. The van der Waals surface area contributed by atoms with E-state index in [9.17, 15) is 23.1 Å². The third-order valence-corrected chi connectivity index (χ3v) is 1.86. The normalized spacial score (nSPS) is 15.4. The highest BCUT2D eigenvalue weighted by Crippen LogP contribution is 2.26. The van der Waals surface area contributed by atoms with Crippen LogP contribution in [0.2, 0.25) is 0 Å². The van der Waals surface area contributed by atoms with Gasteiger partial charge in [-0.1, -0.05) is 0 Å². The highest BCUT2D eigenvalue weighted by Gasteiger charge is 2.35. The zero-order valence-electron chi connectivity index (χ0n) is 8.22. The number of alkyl halides is 3. The summed E-state index contributed by atoms with van der Waals surface area (Å²) in [4.78, 5) is 16.4. The number of aliphatic hydroxyl groups excluding tert-OH is 2. The van der Waals surface area contributed by atoms with E-state index < -0.39 is 30.1 Å². The molecule has 0 radical (unpaired) electrons. The Morgan fingerprint density at radius 3 is 2.12 bits per heavy atom. The fraction of sp³-hybridized carbons (Fsp3) is 0.375. The van der Waals surface area contributed by atoms with Gasteiger partial charge in [0.05, 0.1) is 0 Å². The van der Waals surface area contributed by atoms with E-state index in [1.165, 1.54) is 0 Å². The van der Waals surface area contributed by atoms with Crippen molar-refractivity contribution in [3.05, 3.63) is 23.8 Å². The maximum Gasteiger partial charge on any atom is 0.451 e. The molecule has 1 rings (SSSR count). The van der Waals surface area contributed by atoms with Crippen LogP contribution in [0.25, 0.3) is 0 Å². The van der Waals surface area contributed by atoms with Crippen LogP contribution in [-0.2, 0) is 11.0 Å². The Bertz CT molecular complexity index is 407. The van der Waals surface area contributed by atoms with Crippen LogP contribution in [0, 0.1) is 0 Å². The predicted octanol–water partition coefficient (Wildman–Crippen LogP) is -0.625. The van der Waals surface area contributed by atoms with E-state index >= 15 is 0 Å². The minimum Gasteiger partial charge on any atom is -0.385 e. The molecule has 0 bridgehead atoms. The van der Waals surface area contributed by atoms with Gasteiger partial charge in [0.15, 0.2) is 6.10 Å². The minimum atomic E-state index is -4.70. The predicted molar refractivity (Wildman–Crippen MR) is 47.2 cm³/mol. The van der Waals surface area contributed by atoms with E-state index in [0.29, 0.717) is 12.4 Å². The summed E-state index contributed by atoms with van der Waals surface area (Å²) in [6.07, 6.45) is -7.09. The number of aromatic nitrogens is 2. The number of aliphatic hydroxyl groups is 2. The number of hydrogen-bond donors (Lipinski definition) is 3. The van der Waals surface area contributed by atoms with Gasteiger partial charge in [0, 0.05) is 18.0 Å². The molecule has 0 saturated carbocycles. The molecular formula is C8H8F3N3O3. The van der Waals surface area contributed by atoms with Gasteiger partial charge in [-0.3, -0.25) is 4.79 Å². The maximum atomic E-state index is 12.1. The monoisotopic (exact) mass is 251 g/mol. The van der Waals surface area contributed by atoms with Crippen molar-refractivity contribution in [3.63, 3.8) is 0 Å². The van der Waals surface area contributed by atoms with Crippen molar-refractivity contribution in [3.8, 4) is 0 Å². The van der Waals surface area contributed by atoms with Crippen molar-refractivity contribution in [1.29, 1.82) is 0 Å². The molecule has 6 nitrogen and oxygen atoms in total. The molecule has 0 spiro atoms. The topological polar surface area (TPSA) is 109 Å². The average Bonchev–Trinajstić information content (AvgIpc) is 2.26. The Morgan fingerprint density at radius 2 is 1.76 bits per heavy atom. The molecule has 0 saturated heterocycles. The van der Waals surface area contributed by atoms with E-state index in [-0.39, 0.29) is 5.56 Å². The Hall–Kier alpha value is -1.74. The molecule has 94 valence electrons. The number of nitrogens with zero attached hydrogens (tertiary/aromatic N) is 2. The molecular weight excluding hydrogens is 243 g/mol. The number of rotatable bonds is 3. The van der Waals surface area contributed by atoms with Crippen molar-refractivity contribution in [2.45, 2.75) is 18.4 Å². The molecule has 2 atom stereocenters. The van der Waals surface area contributed by atoms with Crippen LogP contribution < -0.4 is 5.73 Å². The average molecular weight is 251 g/mol. The summed E-state index contributed by atoms with van der Waals surface area (Å²) in [7, 11) is 0. The summed E-state index contributed by atoms with van der Waals surface area (Å²) < 4.78 is 36.3. The van der Waals surface area contributed by atoms with E-state index in [0.717, 1.165) is 0 Å². The Labute approximate surface area is 92.9 Å². The summed E-state index contributed by atoms with van der Waals surface area (Å²) in [6, 6.07) is 0. The number of primary amides is 1. The van der Waals surface area contributed by atoms with Gasteiger partial charge in [-0.05, 0) is 0 Å². The summed E-state index contributed by atoms with van der Waals surface area (Å²) in [5.41, 5.74) is 4.46. The Kier molecular flexibility index (Phi) is 3.63. The molecule has 1 aromatic rings. The second-order valence-corrected chi connectivity index (χ2v) is 3.13. The third-order valence-electron chi connectivity index (χ3n) is 1.86. The molecule has 0 aliphatic carbocycles. The first-order valence-electron chi connectivity index (χ1n) is 4.28. The second kappa shape index (κ2) is 4.63. The SMILES string of the molecule is NC(=O)C(O)C(O)c1cnc(C(F)(F)F)nc1. The first-order chi connectivity index (χ1) is 7.73. The zero-order chi connectivity index (χ0) is 13.2. The van der Waals surface area contributed by atoms with Crippen LogP contribution in [0.15, 0.2) is 12.4 Å². The molecule has 9 heteroatoms. The molecule has 0 aliphatic heterocycles. The second-order valence-electron chi connectivity index (χ2n) is 3.13. The number of carbonyl (C=O) groups excluding carboxylic acids is 1. The van der Waals surface area contributed by atoms with Gasteiger partial charge in [-0.15, -0.1) is 0 Å². The number of halogens is 3. The van der Waals surface area contributed by atoms with Crippen molar-refractivity contribution in [2.24, 2.45) is 5.73 Å². The molecule has 0 aromatic carbocycles. The van der Waals surface area contributed by atoms with Gasteiger partial charge in [-0.25, -0.2) is 9.97 Å². The molecule has 1 amide bonds. The number of carbonyl (C=O) groups is 1. The molecule has 0 aliphatic rings. The van der Waals surface area contributed by atoms with Gasteiger partial charge in [-0.2, -0.15) is 13.2 Å². The van der Waals surface area contributed by atoms with Gasteiger partial charge in [0.2, 0.25) is 11.7 Å². The van der Waals surface area contributed by atoms with Crippen molar-refractivity contribution in [1.82, 2.24) is 9.97 Å². The van der Waals surface area contributed by atoms with Crippen LogP contribution in [0.1, 0.15) is 17.5 Å². The van der Waals surface area contributed by atoms with Gasteiger partial charge >= 0.3 is 6.18 Å². The van der Waals surface area contributed by atoms with Crippen LogP contribution in [0.3, 0.4) is 0 Å². The maximum absolute atomic E-state index is 12.1. The summed E-state index contributed by atoms with van der Waals surface area (Å²) in [5.74, 6) is -2.60. The Morgan fingerprint density at radius 1 is 1.29 bits per heavy atom. The van der Waals surface area contributed by atoms with E-state index in [4.69, 9.17) is 10.8 Å². The molecule has 0 fully saturated rings. The third kappa shape index (κ3) is 3.11. The summed E-state index contributed by atoms with van der Waals surface area (Å²) >= 11 is 0. The number of amides is 1. The Balaban J connectivity index is 2.92. The van der Waals surface area contributed by atoms with Crippen molar-refractivity contribution < 1.29 is 28.2 Å².